The van der Waals surface area contributed by atoms with Crippen molar-refractivity contribution in [2.75, 3.05) is 13.2 Å². The van der Waals surface area contributed by atoms with Crippen LogP contribution in [0, 0.1) is 0 Å². The van der Waals surface area contributed by atoms with Gasteiger partial charge in [0.2, 0.25) is 5.91 Å². The first-order valence-corrected chi connectivity index (χ1v) is 8.67. The Balaban J connectivity index is 1.42. The molecular weight excluding hydrogens is 332 g/mol. The Bertz CT molecular complexity index is 914. The number of carbonyl (C=O) groups is 1. The molecule has 136 valence electrons. The lowest BCUT2D eigenvalue weighted by Crippen LogP contribution is -2.31. The average molecular weight is 354 g/mol. The number of amides is 1. The van der Waals surface area contributed by atoms with Crippen molar-refractivity contribution in [1.29, 1.82) is 0 Å². The molecule has 0 aliphatic rings. The van der Waals surface area contributed by atoms with Gasteiger partial charge in [0, 0.05) is 13.2 Å². The molecule has 1 aromatic heterocycles. The number of fused-ring (bicyclic) bond motifs is 1. The molecule has 1 atom stereocenters. The lowest BCUT2D eigenvalue weighted by molar-refractivity contribution is -0.121. The maximum absolute atomic E-state index is 12.1. The molecule has 3 rings (SSSR count). The standard InChI is InChI=1S/C20H22N2O4/c1-15(16-8-3-2-4-9-16)25-13-7-12-21-19(23)14-22-17-10-5-6-11-18(17)26-20(22)24/h2-6,8-11,15H,7,12-14H2,1H3,(H,21,23). The minimum atomic E-state index is -0.527. The first kappa shape index (κ1) is 17.9. The number of carbonyl (C=O) groups excluding carboxylic acids is 1. The van der Waals surface area contributed by atoms with Gasteiger partial charge in [-0.05, 0) is 31.0 Å². The summed E-state index contributed by atoms with van der Waals surface area (Å²) < 4.78 is 12.2. The molecule has 3 aromatic rings. The number of para-hydroxylation sites is 2. The van der Waals surface area contributed by atoms with Crippen LogP contribution in [0.4, 0.5) is 0 Å². The fourth-order valence-corrected chi connectivity index (χ4v) is 2.74. The third-order valence-corrected chi connectivity index (χ3v) is 4.16. The van der Waals surface area contributed by atoms with E-state index in [1.807, 2.05) is 37.3 Å². The summed E-state index contributed by atoms with van der Waals surface area (Å²) in [5.74, 6) is -0.754. The maximum atomic E-state index is 12.1. The number of nitrogens with one attached hydrogen (secondary N) is 1. The van der Waals surface area contributed by atoms with Crippen LogP contribution in [0.1, 0.15) is 25.0 Å². The summed E-state index contributed by atoms with van der Waals surface area (Å²) in [6.07, 6.45) is 0.715. The second kappa shape index (κ2) is 8.49. The summed E-state index contributed by atoms with van der Waals surface area (Å²) in [6, 6.07) is 17.0. The SMILES string of the molecule is CC(OCCCNC(=O)Cn1c(=O)oc2ccccc21)c1ccccc1. The molecule has 0 aliphatic carbocycles. The molecule has 0 spiro atoms. The van der Waals surface area contributed by atoms with Crippen LogP contribution >= 0.6 is 0 Å². The monoisotopic (exact) mass is 354 g/mol. The van der Waals surface area contributed by atoms with Gasteiger partial charge in [0.05, 0.1) is 11.6 Å². The zero-order valence-electron chi connectivity index (χ0n) is 14.7. The number of benzene rings is 2. The Hall–Kier alpha value is -2.86. The van der Waals surface area contributed by atoms with Crippen molar-refractivity contribution in [2.24, 2.45) is 0 Å². The fraction of sp³-hybridized carbons (Fsp3) is 0.300. The number of ether oxygens (including phenoxy) is 1. The highest BCUT2D eigenvalue weighted by Gasteiger charge is 2.12. The minimum absolute atomic E-state index is 0.0165. The normalized spacial score (nSPS) is 12.2. The number of oxazole rings is 1. The van der Waals surface area contributed by atoms with Gasteiger partial charge in [-0.25, -0.2) is 4.79 Å². The van der Waals surface area contributed by atoms with Crippen LogP contribution in [0.5, 0.6) is 0 Å². The van der Waals surface area contributed by atoms with Gasteiger partial charge in [-0.3, -0.25) is 9.36 Å². The maximum Gasteiger partial charge on any atom is 0.420 e. The zero-order chi connectivity index (χ0) is 18.4. The van der Waals surface area contributed by atoms with Gasteiger partial charge in [0.25, 0.3) is 0 Å². The van der Waals surface area contributed by atoms with E-state index in [1.54, 1.807) is 24.3 Å². The Morgan fingerprint density at radius 1 is 1.15 bits per heavy atom. The first-order valence-electron chi connectivity index (χ1n) is 8.67. The number of rotatable bonds is 8. The van der Waals surface area contributed by atoms with Crippen LogP contribution in [-0.2, 0) is 16.1 Å². The lowest BCUT2D eigenvalue weighted by Gasteiger charge is -2.13. The molecule has 0 radical (unpaired) electrons. The largest absolute Gasteiger partial charge is 0.420 e. The summed E-state index contributed by atoms with van der Waals surface area (Å²) in [5.41, 5.74) is 2.23. The fourth-order valence-electron chi connectivity index (χ4n) is 2.74. The van der Waals surface area contributed by atoms with Crippen molar-refractivity contribution in [2.45, 2.75) is 26.0 Å². The van der Waals surface area contributed by atoms with Crippen LogP contribution in [0.25, 0.3) is 11.1 Å². The van der Waals surface area contributed by atoms with Crippen LogP contribution in [0.2, 0.25) is 0 Å². The van der Waals surface area contributed by atoms with Gasteiger partial charge >= 0.3 is 5.76 Å². The molecule has 6 heteroatoms. The average Bonchev–Trinajstić information content (AvgIpc) is 2.97. The van der Waals surface area contributed by atoms with E-state index in [4.69, 9.17) is 9.15 Å². The zero-order valence-corrected chi connectivity index (χ0v) is 14.7. The molecule has 26 heavy (non-hydrogen) atoms. The van der Waals surface area contributed by atoms with Crippen molar-refractivity contribution in [1.82, 2.24) is 9.88 Å². The van der Waals surface area contributed by atoms with Crippen molar-refractivity contribution < 1.29 is 13.9 Å². The topological polar surface area (TPSA) is 73.5 Å². The Morgan fingerprint density at radius 2 is 1.88 bits per heavy atom. The summed E-state index contributed by atoms with van der Waals surface area (Å²) >= 11 is 0. The smallest absolute Gasteiger partial charge is 0.408 e. The molecule has 1 N–H and O–H groups in total. The number of hydrogen-bond donors (Lipinski definition) is 1. The molecule has 0 bridgehead atoms. The molecule has 0 aliphatic heterocycles. The third-order valence-electron chi connectivity index (χ3n) is 4.16. The van der Waals surface area contributed by atoms with E-state index in [0.717, 1.165) is 5.56 Å². The summed E-state index contributed by atoms with van der Waals surface area (Å²) in [6.45, 7) is 2.98. The van der Waals surface area contributed by atoms with Gasteiger partial charge in [0.15, 0.2) is 5.58 Å². The first-order chi connectivity index (χ1) is 12.6. The van der Waals surface area contributed by atoms with Crippen molar-refractivity contribution >= 4 is 17.0 Å². The third kappa shape index (κ3) is 4.40. The highest BCUT2D eigenvalue weighted by Crippen LogP contribution is 2.15. The predicted octanol–water partition coefficient (Wildman–Crippen LogP) is 2.88. The molecule has 1 unspecified atom stereocenters. The Labute approximate surface area is 151 Å². The molecule has 2 aromatic carbocycles. The minimum Gasteiger partial charge on any atom is -0.408 e. The molecule has 1 heterocycles. The van der Waals surface area contributed by atoms with Crippen LogP contribution in [0.3, 0.4) is 0 Å². The molecule has 6 nitrogen and oxygen atoms in total. The van der Waals surface area contributed by atoms with Crippen LogP contribution in [0.15, 0.2) is 63.8 Å². The van der Waals surface area contributed by atoms with Crippen LogP contribution < -0.4 is 11.1 Å². The van der Waals surface area contributed by atoms with E-state index in [9.17, 15) is 9.59 Å². The van der Waals surface area contributed by atoms with E-state index in [-0.39, 0.29) is 18.6 Å². The second-order valence-corrected chi connectivity index (χ2v) is 6.05. The molecule has 0 saturated heterocycles. The number of aromatic nitrogens is 1. The highest BCUT2D eigenvalue weighted by atomic mass is 16.5. The van der Waals surface area contributed by atoms with E-state index in [1.165, 1.54) is 4.57 Å². The van der Waals surface area contributed by atoms with E-state index >= 15 is 0 Å². The molecule has 0 saturated carbocycles. The van der Waals surface area contributed by atoms with Gasteiger partial charge in [0.1, 0.15) is 6.54 Å². The number of nitrogens with zero attached hydrogens (tertiary/aromatic N) is 1. The Kier molecular flexibility index (Phi) is 5.86. The lowest BCUT2D eigenvalue weighted by atomic mass is 10.1. The van der Waals surface area contributed by atoms with Crippen LogP contribution in [-0.4, -0.2) is 23.6 Å². The predicted molar refractivity (Wildman–Crippen MR) is 98.9 cm³/mol. The Morgan fingerprint density at radius 3 is 2.69 bits per heavy atom. The van der Waals surface area contributed by atoms with Crippen molar-refractivity contribution in [3.63, 3.8) is 0 Å². The van der Waals surface area contributed by atoms with Gasteiger partial charge in [-0.2, -0.15) is 0 Å². The van der Waals surface area contributed by atoms with Gasteiger partial charge in [-0.15, -0.1) is 0 Å². The molecule has 0 fully saturated rings. The summed E-state index contributed by atoms with van der Waals surface area (Å²) in [4.78, 5) is 23.9. The number of hydrogen-bond acceptors (Lipinski definition) is 4. The van der Waals surface area contributed by atoms with E-state index < -0.39 is 5.76 Å². The van der Waals surface area contributed by atoms with Crippen molar-refractivity contribution in [3.8, 4) is 0 Å². The quantitative estimate of drug-likeness (QED) is 0.631. The van der Waals surface area contributed by atoms with Gasteiger partial charge < -0.3 is 14.5 Å². The highest BCUT2D eigenvalue weighted by molar-refractivity contribution is 5.79. The second-order valence-electron chi connectivity index (χ2n) is 6.05. The van der Waals surface area contributed by atoms with Crippen molar-refractivity contribution in [3.05, 3.63) is 70.7 Å². The molecular formula is C20H22N2O4. The van der Waals surface area contributed by atoms with Gasteiger partial charge in [-0.1, -0.05) is 42.5 Å². The van der Waals surface area contributed by atoms with E-state index in [0.29, 0.717) is 30.7 Å². The summed E-state index contributed by atoms with van der Waals surface area (Å²) in [5, 5.41) is 2.81. The van der Waals surface area contributed by atoms with E-state index in [2.05, 4.69) is 5.32 Å². The summed E-state index contributed by atoms with van der Waals surface area (Å²) in [7, 11) is 0. The molecule has 1 amide bonds.